The van der Waals surface area contributed by atoms with Crippen LogP contribution in [-0.4, -0.2) is 46.7 Å². The van der Waals surface area contributed by atoms with Gasteiger partial charge in [-0.05, 0) is 38.1 Å². The van der Waals surface area contributed by atoms with Gasteiger partial charge in [-0.3, -0.25) is 9.36 Å². The molecule has 3 rings (SSSR count). The number of amides is 1. The summed E-state index contributed by atoms with van der Waals surface area (Å²) < 4.78 is 32.0. The molecule has 0 saturated heterocycles. The number of hydrogen-bond acceptors (Lipinski definition) is 7. The molecule has 1 amide bonds. The number of methoxy groups -OCH3 is 2. The normalized spacial score (nSPS) is 12.8. The molecule has 0 aliphatic rings. The Morgan fingerprint density at radius 3 is 2.48 bits per heavy atom. The van der Waals surface area contributed by atoms with E-state index in [2.05, 4.69) is 15.5 Å². The van der Waals surface area contributed by atoms with Gasteiger partial charge < -0.3 is 19.5 Å². The van der Waals surface area contributed by atoms with Crippen LogP contribution in [0.25, 0.3) is 0 Å². The molecule has 0 spiro atoms. The first-order valence-electron chi connectivity index (χ1n) is 10.3. The van der Waals surface area contributed by atoms with Crippen molar-refractivity contribution in [3.05, 3.63) is 60.2 Å². The van der Waals surface area contributed by atoms with Gasteiger partial charge in [0.25, 0.3) is 0 Å². The van der Waals surface area contributed by atoms with Gasteiger partial charge in [0.1, 0.15) is 12.4 Å². The predicted octanol–water partition coefficient (Wildman–Crippen LogP) is 4.33. The second-order valence-electron chi connectivity index (χ2n) is 7.24. The fraction of sp³-hybridized carbons (Fsp3) is 0.348. The topological polar surface area (TPSA) is 87.5 Å². The van der Waals surface area contributed by atoms with Crippen molar-refractivity contribution in [1.82, 2.24) is 14.8 Å². The van der Waals surface area contributed by atoms with Crippen LogP contribution in [0.4, 0.5) is 10.1 Å². The molecule has 1 N–H and O–H groups in total. The SMILES string of the molecule is COC[C@H](C)n1c(COc2ccccc2F)nnc1S[C@@H](C)C(=O)Nc1ccccc1OC. The van der Waals surface area contributed by atoms with Crippen molar-refractivity contribution in [1.29, 1.82) is 0 Å². The summed E-state index contributed by atoms with van der Waals surface area (Å²) in [5.41, 5.74) is 0.589. The van der Waals surface area contributed by atoms with Gasteiger partial charge in [-0.25, -0.2) is 4.39 Å². The molecule has 2 aromatic carbocycles. The van der Waals surface area contributed by atoms with E-state index in [9.17, 15) is 9.18 Å². The fourth-order valence-corrected chi connectivity index (χ4v) is 4.11. The number of carbonyl (C=O) groups is 1. The van der Waals surface area contributed by atoms with Crippen molar-refractivity contribution in [3.63, 3.8) is 0 Å². The molecule has 33 heavy (non-hydrogen) atoms. The lowest BCUT2D eigenvalue weighted by Crippen LogP contribution is -2.24. The lowest BCUT2D eigenvalue weighted by Gasteiger charge is -2.19. The van der Waals surface area contributed by atoms with E-state index >= 15 is 0 Å². The van der Waals surface area contributed by atoms with Gasteiger partial charge >= 0.3 is 0 Å². The highest BCUT2D eigenvalue weighted by molar-refractivity contribution is 8.00. The van der Waals surface area contributed by atoms with Crippen LogP contribution in [-0.2, 0) is 16.1 Å². The molecule has 3 aromatic rings. The average molecular weight is 475 g/mol. The highest BCUT2D eigenvalue weighted by atomic mass is 32.2. The molecule has 0 radical (unpaired) electrons. The molecule has 0 fully saturated rings. The zero-order valence-corrected chi connectivity index (χ0v) is 19.8. The van der Waals surface area contributed by atoms with Crippen molar-refractivity contribution < 1.29 is 23.4 Å². The maximum absolute atomic E-state index is 13.9. The van der Waals surface area contributed by atoms with E-state index in [4.69, 9.17) is 14.2 Å². The quantitative estimate of drug-likeness (QED) is 0.414. The van der Waals surface area contributed by atoms with Gasteiger partial charge in [-0.15, -0.1) is 10.2 Å². The summed E-state index contributed by atoms with van der Waals surface area (Å²) in [5, 5.41) is 11.4. The lowest BCUT2D eigenvalue weighted by atomic mass is 10.3. The monoisotopic (exact) mass is 474 g/mol. The van der Waals surface area contributed by atoms with E-state index in [0.29, 0.717) is 29.0 Å². The predicted molar refractivity (Wildman–Crippen MR) is 124 cm³/mol. The van der Waals surface area contributed by atoms with Crippen LogP contribution in [0, 0.1) is 5.82 Å². The summed E-state index contributed by atoms with van der Waals surface area (Å²) in [5.74, 6) is 0.549. The number of hydrogen-bond donors (Lipinski definition) is 1. The van der Waals surface area contributed by atoms with Crippen LogP contribution in [0.2, 0.25) is 0 Å². The van der Waals surface area contributed by atoms with Gasteiger partial charge in [-0.2, -0.15) is 0 Å². The Morgan fingerprint density at radius 1 is 1.09 bits per heavy atom. The van der Waals surface area contributed by atoms with Crippen LogP contribution in [0.5, 0.6) is 11.5 Å². The number of nitrogens with one attached hydrogen (secondary N) is 1. The van der Waals surface area contributed by atoms with Gasteiger partial charge in [0.05, 0.1) is 30.7 Å². The number of halogens is 1. The Hall–Kier alpha value is -3.11. The maximum Gasteiger partial charge on any atom is 0.237 e. The minimum atomic E-state index is -0.479. The minimum absolute atomic E-state index is 0.0182. The molecule has 2 atom stereocenters. The molecule has 8 nitrogen and oxygen atoms in total. The number of benzene rings is 2. The van der Waals surface area contributed by atoms with Crippen molar-refractivity contribution in [3.8, 4) is 11.5 Å². The van der Waals surface area contributed by atoms with Gasteiger partial charge in [0.15, 0.2) is 22.5 Å². The fourth-order valence-electron chi connectivity index (χ4n) is 3.14. The van der Waals surface area contributed by atoms with Gasteiger partial charge in [0, 0.05) is 7.11 Å². The van der Waals surface area contributed by atoms with E-state index in [0.717, 1.165) is 0 Å². The summed E-state index contributed by atoms with van der Waals surface area (Å²) in [6, 6.07) is 13.2. The van der Waals surface area contributed by atoms with Crippen LogP contribution in [0.1, 0.15) is 25.7 Å². The van der Waals surface area contributed by atoms with Crippen LogP contribution in [0.15, 0.2) is 53.7 Å². The molecular formula is C23H27FN4O4S. The van der Waals surface area contributed by atoms with Crippen molar-refractivity contribution in [2.45, 2.75) is 36.9 Å². The summed E-state index contributed by atoms with van der Waals surface area (Å²) in [7, 11) is 3.15. The number of aromatic nitrogens is 3. The highest BCUT2D eigenvalue weighted by Crippen LogP contribution is 2.29. The Balaban J connectivity index is 1.75. The summed E-state index contributed by atoms with van der Waals surface area (Å²) in [6.07, 6.45) is 0. The standard InChI is InChI=1S/C23H27FN4O4S/c1-15(13-30-3)28-21(14-32-19-11-7-5-9-17(19)24)26-27-23(28)33-16(2)22(29)25-18-10-6-8-12-20(18)31-4/h5-12,15-16H,13-14H2,1-4H3,(H,25,29)/t15-,16-/m0/s1. The van der Waals surface area contributed by atoms with E-state index < -0.39 is 11.1 Å². The third kappa shape index (κ3) is 6.23. The second kappa shape index (κ2) is 11.7. The molecule has 0 bridgehead atoms. The van der Waals surface area contributed by atoms with Crippen LogP contribution >= 0.6 is 11.8 Å². The van der Waals surface area contributed by atoms with Crippen molar-refractivity contribution in [2.75, 3.05) is 26.1 Å². The summed E-state index contributed by atoms with van der Waals surface area (Å²) in [6.45, 7) is 4.15. The van der Waals surface area contributed by atoms with E-state index in [-0.39, 0.29) is 24.3 Å². The second-order valence-corrected chi connectivity index (χ2v) is 8.55. The van der Waals surface area contributed by atoms with Gasteiger partial charge in [0.2, 0.25) is 5.91 Å². The minimum Gasteiger partial charge on any atom is -0.495 e. The average Bonchev–Trinajstić information content (AvgIpc) is 3.21. The zero-order chi connectivity index (χ0) is 23.8. The van der Waals surface area contributed by atoms with Crippen LogP contribution < -0.4 is 14.8 Å². The molecule has 1 heterocycles. The Kier molecular flexibility index (Phi) is 8.67. The molecule has 0 unspecified atom stereocenters. The smallest absolute Gasteiger partial charge is 0.237 e. The maximum atomic E-state index is 13.9. The summed E-state index contributed by atoms with van der Waals surface area (Å²) in [4.78, 5) is 12.8. The Morgan fingerprint density at radius 2 is 1.79 bits per heavy atom. The number of rotatable bonds is 11. The van der Waals surface area contributed by atoms with E-state index in [1.54, 1.807) is 51.5 Å². The van der Waals surface area contributed by atoms with Crippen LogP contribution in [0.3, 0.4) is 0 Å². The number of carbonyl (C=O) groups excluding carboxylic acids is 1. The third-order valence-electron chi connectivity index (χ3n) is 4.79. The summed E-state index contributed by atoms with van der Waals surface area (Å²) >= 11 is 1.26. The van der Waals surface area contributed by atoms with E-state index in [1.807, 2.05) is 23.6 Å². The van der Waals surface area contributed by atoms with Crippen molar-refractivity contribution >= 4 is 23.4 Å². The number of para-hydroxylation sites is 3. The Bertz CT molecular complexity index is 1080. The Labute approximate surface area is 196 Å². The molecule has 10 heteroatoms. The van der Waals surface area contributed by atoms with Crippen molar-refractivity contribution in [2.24, 2.45) is 0 Å². The number of nitrogens with zero attached hydrogens (tertiary/aromatic N) is 3. The lowest BCUT2D eigenvalue weighted by molar-refractivity contribution is -0.115. The highest BCUT2D eigenvalue weighted by Gasteiger charge is 2.24. The molecular weight excluding hydrogens is 447 g/mol. The first-order chi connectivity index (χ1) is 15.9. The molecule has 176 valence electrons. The van der Waals surface area contributed by atoms with Gasteiger partial charge in [-0.1, -0.05) is 36.0 Å². The number of anilines is 1. The largest absolute Gasteiger partial charge is 0.495 e. The number of ether oxygens (including phenoxy) is 3. The zero-order valence-electron chi connectivity index (χ0n) is 18.9. The first kappa shape index (κ1) is 24.5. The number of thioether (sulfide) groups is 1. The van der Waals surface area contributed by atoms with E-state index in [1.165, 1.54) is 17.8 Å². The molecule has 1 aromatic heterocycles. The molecule has 0 saturated carbocycles. The molecule has 0 aliphatic carbocycles. The molecule has 0 aliphatic heterocycles. The third-order valence-corrected chi connectivity index (χ3v) is 5.85. The first-order valence-corrected chi connectivity index (χ1v) is 11.2.